The number of ether oxygens (including phenoxy) is 1. The van der Waals surface area contributed by atoms with Crippen LogP contribution in [0.3, 0.4) is 0 Å². The van der Waals surface area contributed by atoms with Crippen molar-refractivity contribution < 1.29 is 19.5 Å². The third-order valence-corrected chi connectivity index (χ3v) is 3.58. The fraction of sp³-hybridized carbons (Fsp3) is 0.222. The molecule has 0 aliphatic rings. The first-order chi connectivity index (χ1) is 12.1. The molecule has 2 aromatic carbocycles. The largest absolute Gasteiger partial charge is 0.497 e. The molecule has 0 aliphatic carbocycles. The zero-order chi connectivity index (χ0) is 18.1. The second-order valence-corrected chi connectivity index (χ2v) is 5.37. The molecule has 7 heteroatoms. The summed E-state index contributed by atoms with van der Waals surface area (Å²) in [5, 5.41) is 14.4. The summed E-state index contributed by atoms with van der Waals surface area (Å²) in [6.45, 7) is 1.14. The van der Waals surface area contributed by atoms with Gasteiger partial charge in [0.2, 0.25) is 5.91 Å². The fourth-order valence-electron chi connectivity index (χ4n) is 2.17. The Morgan fingerprint density at radius 3 is 2.16 bits per heavy atom. The lowest BCUT2D eigenvalue weighted by Gasteiger charge is -2.08. The summed E-state index contributed by atoms with van der Waals surface area (Å²) in [4.78, 5) is 23.0. The number of hydrogen-bond acceptors (Lipinski definition) is 5. The average Bonchev–Trinajstić information content (AvgIpc) is 2.66. The molecule has 2 aromatic rings. The van der Waals surface area contributed by atoms with Gasteiger partial charge in [-0.3, -0.25) is 14.8 Å². The van der Waals surface area contributed by atoms with E-state index in [2.05, 4.69) is 10.6 Å². The molecular formula is C18H21N3O4. The Kier molecular flexibility index (Phi) is 6.94. The molecule has 4 N–H and O–H groups in total. The van der Waals surface area contributed by atoms with Crippen LogP contribution in [0.1, 0.15) is 21.5 Å². The van der Waals surface area contributed by atoms with Gasteiger partial charge in [-0.1, -0.05) is 24.3 Å². The molecule has 132 valence electrons. The SMILES string of the molecule is COc1ccc(CNC(=O)CNCc2ccc(C(=O)NO)cc2)cc1. The van der Waals surface area contributed by atoms with E-state index < -0.39 is 5.91 Å². The van der Waals surface area contributed by atoms with Gasteiger partial charge in [0.15, 0.2) is 0 Å². The Labute approximate surface area is 146 Å². The van der Waals surface area contributed by atoms with Crippen LogP contribution in [0.5, 0.6) is 5.75 Å². The number of amides is 2. The first-order valence-corrected chi connectivity index (χ1v) is 7.76. The quantitative estimate of drug-likeness (QED) is 0.427. The smallest absolute Gasteiger partial charge is 0.274 e. The summed E-state index contributed by atoms with van der Waals surface area (Å²) in [6.07, 6.45) is 0. The van der Waals surface area contributed by atoms with Gasteiger partial charge in [0.25, 0.3) is 5.91 Å². The normalized spacial score (nSPS) is 10.2. The van der Waals surface area contributed by atoms with Gasteiger partial charge in [0.1, 0.15) is 5.75 Å². The Balaban J connectivity index is 1.70. The van der Waals surface area contributed by atoms with Gasteiger partial charge in [-0.25, -0.2) is 5.48 Å². The van der Waals surface area contributed by atoms with E-state index in [0.29, 0.717) is 18.7 Å². The summed E-state index contributed by atoms with van der Waals surface area (Å²) < 4.78 is 5.08. The van der Waals surface area contributed by atoms with Gasteiger partial charge < -0.3 is 15.4 Å². The summed E-state index contributed by atoms with van der Waals surface area (Å²) in [6, 6.07) is 14.2. The number of methoxy groups -OCH3 is 1. The first kappa shape index (κ1) is 18.4. The van der Waals surface area contributed by atoms with Crippen LogP contribution in [0, 0.1) is 0 Å². The minimum atomic E-state index is -0.558. The molecule has 0 aromatic heterocycles. The highest BCUT2D eigenvalue weighted by atomic mass is 16.5. The van der Waals surface area contributed by atoms with Crippen molar-refractivity contribution in [2.45, 2.75) is 13.1 Å². The number of rotatable bonds is 8. The third-order valence-electron chi connectivity index (χ3n) is 3.58. The lowest BCUT2D eigenvalue weighted by atomic mass is 10.1. The molecule has 0 saturated carbocycles. The summed E-state index contributed by atoms with van der Waals surface area (Å²) >= 11 is 0. The van der Waals surface area contributed by atoms with Gasteiger partial charge in [0, 0.05) is 18.7 Å². The number of nitrogens with one attached hydrogen (secondary N) is 3. The van der Waals surface area contributed by atoms with E-state index in [0.717, 1.165) is 16.9 Å². The summed E-state index contributed by atoms with van der Waals surface area (Å²) in [5.41, 5.74) is 3.86. The van der Waals surface area contributed by atoms with E-state index in [1.807, 2.05) is 24.3 Å². The van der Waals surface area contributed by atoms with Crippen LogP contribution < -0.4 is 20.9 Å². The third kappa shape index (κ3) is 5.91. The highest BCUT2D eigenvalue weighted by molar-refractivity contribution is 5.93. The Morgan fingerprint density at radius 1 is 0.960 bits per heavy atom. The molecule has 7 nitrogen and oxygen atoms in total. The van der Waals surface area contributed by atoms with Crippen molar-refractivity contribution in [2.75, 3.05) is 13.7 Å². The second-order valence-electron chi connectivity index (χ2n) is 5.37. The van der Waals surface area contributed by atoms with Gasteiger partial charge in [-0.15, -0.1) is 0 Å². The lowest BCUT2D eigenvalue weighted by Crippen LogP contribution is -2.33. The van der Waals surface area contributed by atoms with Crippen LogP contribution in [0.4, 0.5) is 0 Å². The van der Waals surface area contributed by atoms with Crippen LogP contribution in [0.25, 0.3) is 0 Å². The maximum absolute atomic E-state index is 11.8. The topological polar surface area (TPSA) is 99.7 Å². The molecule has 0 radical (unpaired) electrons. The fourth-order valence-corrected chi connectivity index (χ4v) is 2.17. The van der Waals surface area contributed by atoms with Crippen LogP contribution in [0.2, 0.25) is 0 Å². The highest BCUT2D eigenvalue weighted by Crippen LogP contribution is 2.10. The van der Waals surface area contributed by atoms with Crippen LogP contribution in [-0.2, 0) is 17.9 Å². The monoisotopic (exact) mass is 343 g/mol. The molecule has 2 rings (SSSR count). The van der Waals surface area contributed by atoms with Crippen LogP contribution in [0.15, 0.2) is 48.5 Å². The maximum Gasteiger partial charge on any atom is 0.274 e. The molecule has 0 spiro atoms. The second kappa shape index (κ2) is 9.41. The van der Waals surface area contributed by atoms with Gasteiger partial charge in [0.05, 0.1) is 13.7 Å². The van der Waals surface area contributed by atoms with Crippen molar-refractivity contribution in [1.82, 2.24) is 16.1 Å². The molecule has 0 heterocycles. The van der Waals surface area contributed by atoms with Crippen LogP contribution >= 0.6 is 0 Å². The van der Waals surface area contributed by atoms with Gasteiger partial charge >= 0.3 is 0 Å². The van der Waals surface area contributed by atoms with E-state index in [1.165, 1.54) is 0 Å². The Morgan fingerprint density at radius 2 is 1.56 bits per heavy atom. The maximum atomic E-state index is 11.8. The van der Waals surface area contributed by atoms with Crippen molar-refractivity contribution in [3.05, 3.63) is 65.2 Å². The molecule has 0 unspecified atom stereocenters. The van der Waals surface area contributed by atoms with E-state index >= 15 is 0 Å². The van der Waals surface area contributed by atoms with Crippen molar-refractivity contribution in [2.24, 2.45) is 0 Å². The highest BCUT2D eigenvalue weighted by Gasteiger charge is 2.04. The van der Waals surface area contributed by atoms with Crippen molar-refractivity contribution >= 4 is 11.8 Å². The number of hydrogen-bond donors (Lipinski definition) is 4. The predicted molar refractivity (Wildman–Crippen MR) is 92.2 cm³/mol. The molecule has 0 bridgehead atoms. The van der Waals surface area contributed by atoms with E-state index in [1.54, 1.807) is 36.9 Å². The predicted octanol–water partition coefficient (Wildman–Crippen LogP) is 1.22. The minimum Gasteiger partial charge on any atom is -0.497 e. The Hall–Kier alpha value is -2.90. The van der Waals surface area contributed by atoms with Crippen molar-refractivity contribution in [1.29, 1.82) is 0 Å². The molecule has 0 fully saturated rings. The molecule has 0 saturated heterocycles. The molecule has 0 atom stereocenters. The van der Waals surface area contributed by atoms with Gasteiger partial charge in [-0.05, 0) is 35.4 Å². The number of benzene rings is 2. The summed E-state index contributed by atoms with van der Waals surface area (Å²) in [7, 11) is 1.61. The molecule has 0 aliphatic heterocycles. The Bertz CT molecular complexity index is 699. The van der Waals surface area contributed by atoms with E-state index in [4.69, 9.17) is 9.94 Å². The first-order valence-electron chi connectivity index (χ1n) is 7.76. The zero-order valence-electron chi connectivity index (χ0n) is 13.9. The van der Waals surface area contributed by atoms with Gasteiger partial charge in [-0.2, -0.15) is 0 Å². The van der Waals surface area contributed by atoms with Crippen molar-refractivity contribution in [3.8, 4) is 5.75 Å². The number of hydroxylamine groups is 1. The van der Waals surface area contributed by atoms with E-state index in [-0.39, 0.29) is 12.5 Å². The van der Waals surface area contributed by atoms with E-state index in [9.17, 15) is 9.59 Å². The molecule has 25 heavy (non-hydrogen) atoms. The lowest BCUT2D eigenvalue weighted by molar-refractivity contribution is -0.120. The average molecular weight is 343 g/mol. The molecular weight excluding hydrogens is 322 g/mol. The standard InChI is InChI=1S/C18H21N3O4/c1-25-16-8-4-14(5-9-16)11-20-17(22)12-19-10-13-2-6-15(7-3-13)18(23)21-24/h2-9,19,24H,10-12H2,1H3,(H,20,22)(H,21,23). The number of carbonyl (C=O) groups excluding carboxylic acids is 2. The van der Waals surface area contributed by atoms with Crippen molar-refractivity contribution in [3.63, 3.8) is 0 Å². The van der Waals surface area contributed by atoms with Crippen LogP contribution in [-0.4, -0.2) is 30.7 Å². The number of carbonyl (C=O) groups is 2. The zero-order valence-corrected chi connectivity index (χ0v) is 13.9. The minimum absolute atomic E-state index is 0.105. The summed E-state index contributed by atoms with van der Waals surface area (Å²) in [5.74, 6) is 0.115. The molecule has 2 amide bonds.